The molecule has 0 bridgehead atoms. The van der Waals surface area contributed by atoms with Gasteiger partial charge in [0, 0.05) is 45.2 Å². The van der Waals surface area contributed by atoms with Crippen LogP contribution in [0.4, 0.5) is 5.69 Å². The Labute approximate surface area is 143 Å². The molecule has 24 heavy (non-hydrogen) atoms. The van der Waals surface area contributed by atoms with Crippen molar-refractivity contribution in [2.24, 2.45) is 0 Å². The predicted molar refractivity (Wildman–Crippen MR) is 92.0 cm³/mol. The predicted octanol–water partition coefficient (Wildman–Crippen LogP) is 1.22. The third-order valence-corrected chi connectivity index (χ3v) is 4.16. The number of carbonyl (C=O) groups excluding carboxylic acids is 2. The largest absolute Gasteiger partial charge is 0.372 e. The molecule has 1 atom stereocenters. The van der Waals surface area contributed by atoms with Gasteiger partial charge in [-0.15, -0.1) is 0 Å². The molecule has 0 saturated carbocycles. The summed E-state index contributed by atoms with van der Waals surface area (Å²) in [6.45, 7) is 5.09. The number of carbonyl (C=O) groups is 2. The summed E-state index contributed by atoms with van der Waals surface area (Å²) in [4.78, 5) is 32.9. The van der Waals surface area contributed by atoms with Crippen LogP contribution in [0.5, 0.6) is 0 Å². The van der Waals surface area contributed by atoms with Crippen molar-refractivity contribution in [1.82, 2.24) is 14.8 Å². The van der Waals surface area contributed by atoms with Crippen LogP contribution in [0.25, 0.3) is 0 Å². The topological polar surface area (TPSA) is 74.8 Å². The molecule has 1 unspecified atom stereocenters. The molecule has 0 aromatic carbocycles. The highest BCUT2D eigenvalue weighted by molar-refractivity contribution is 5.97. The Bertz CT molecular complexity index is 571. The highest BCUT2D eigenvalue weighted by Gasteiger charge is 2.22. The molecule has 7 nitrogen and oxygen atoms in total. The molecule has 2 rings (SSSR count). The van der Waals surface area contributed by atoms with E-state index >= 15 is 0 Å². The summed E-state index contributed by atoms with van der Waals surface area (Å²) in [5, 5.41) is 2.80. The number of methoxy groups -OCH3 is 1. The van der Waals surface area contributed by atoms with Crippen molar-refractivity contribution < 1.29 is 14.3 Å². The van der Waals surface area contributed by atoms with E-state index in [1.807, 2.05) is 14.0 Å². The molecule has 1 saturated heterocycles. The third-order valence-electron chi connectivity index (χ3n) is 4.16. The summed E-state index contributed by atoms with van der Waals surface area (Å²) in [7, 11) is 3.56. The summed E-state index contributed by atoms with van der Waals surface area (Å²) in [5.74, 6) is -0.306. The van der Waals surface area contributed by atoms with E-state index in [0.717, 1.165) is 19.5 Å². The molecule has 1 N–H and O–H groups in total. The first-order valence-electron chi connectivity index (χ1n) is 8.32. The molecule has 132 valence electrons. The minimum atomic E-state index is -0.486. The number of nitrogens with one attached hydrogen (secondary N) is 1. The standard InChI is InChI=1S/C17H26N4O3/c1-4-5-15(24-3)16(22)19-13-6-7-18-14(12-13)17(23)21-10-8-20(2)9-11-21/h6-7,12,15H,4-5,8-11H2,1-3H3,(H,18,19,22). The molecular weight excluding hydrogens is 308 g/mol. The zero-order valence-corrected chi connectivity index (χ0v) is 14.6. The van der Waals surface area contributed by atoms with Crippen LogP contribution in [0.1, 0.15) is 30.3 Å². The summed E-state index contributed by atoms with van der Waals surface area (Å²) in [6.07, 6.45) is 2.57. The molecule has 0 spiro atoms. The fourth-order valence-electron chi connectivity index (χ4n) is 2.64. The van der Waals surface area contributed by atoms with E-state index in [1.54, 1.807) is 23.2 Å². The Balaban J connectivity index is 2.03. The fourth-order valence-corrected chi connectivity index (χ4v) is 2.64. The lowest BCUT2D eigenvalue weighted by molar-refractivity contribution is -0.126. The van der Waals surface area contributed by atoms with Gasteiger partial charge in [-0.2, -0.15) is 0 Å². The SMILES string of the molecule is CCCC(OC)C(=O)Nc1ccnc(C(=O)N2CCN(C)CC2)c1. The van der Waals surface area contributed by atoms with E-state index in [0.29, 0.717) is 30.9 Å². The normalized spacial score (nSPS) is 16.7. The first-order valence-corrected chi connectivity index (χ1v) is 8.32. The molecule has 1 aromatic heterocycles. The second-order valence-corrected chi connectivity index (χ2v) is 6.03. The van der Waals surface area contributed by atoms with Crippen LogP contribution in [0.3, 0.4) is 0 Å². The maximum absolute atomic E-state index is 12.5. The Kier molecular flexibility index (Phi) is 6.69. The van der Waals surface area contributed by atoms with Crippen molar-refractivity contribution >= 4 is 17.5 Å². The van der Waals surface area contributed by atoms with Gasteiger partial charge in [-0.05, 0) is 25.6 Å². The summed E-state index contributed by atoms with van der Waals surface area (Å²) in [6, 6.07) is 3.30. The lowest BCUT2D eigenvalue weighted by Gasteiger charge is -2.32. The van der Waals surface area contributed by atoms with Crippen molar-refractivity contribution in [3.05, 3.63) is 24.0 Å². The van der Waals surface area contributed by atoms with Crippen molar-refractivity contribution in [3.8, 4) is 0 Å². The number of ether oxygens (including phenoxy) is 1. The van der Waals surface area contributed by atoms with E-state index in [2.05, 4.69) is 15.2 Å². The fraction of sp³-hybridized carbons (Fsp3) is 0.588. The lowest BCUT2D eigenvalue weighted by atomic mass is 10.2. The van der Waals surface area contributed by atoms with Gasteiger partial charge in [0.1, 0.15) is 11.8 Å². The highest BCUT2D eigenvalue weighted by Crippen LogP contribution is 2.13. The van der Waals surface area contributed by atoms with Gasteiger partial charge in [0.2, 0.25) is 0 Å². The van der Waals surface area contributed by atoms with E-state index in [4.69, 9.17) is 4.74 Å². The second kappa shape index (κ2) is 8.75. The number of hydrogen-bond acceptors (Lipinski definition) is 5. The number of amides is 2. The number of aromatic nitrogens is 1. The van der Waals surface area contributed by atoms with Gasteiger partial charge in [-0.1, -0.05) is 13.3 Å². The average molecular weight is 334 g/mol. The maximum Gasteiger partial charge on any atom is 0.272 e. The molecule has 1 aliphatic rings. The third kappa shape index (κ3) is 4.75. The van der Waals surface area contributed by atoms with Crippen LogP contribution in [0.15, 0.2) is 18.3 Å². The number of likely N-dealkylation sites (N-methyl/N-ethyl adjacent to an activating group) is 1. The van der Waals surface area contributed by atoms with E-state index in [9.17, 15) is 9.59 Å². The molecule has 1 aromatic rings. The number of pyridine rings is 1. The van der Waals surface area contributed by atoms with Gasteiger partial charge in [-0.25, -0.2) is 0 Å². The maximum atomic E-state index is 12.5. The van der Waals surface area contributed by atoms with Crippen LogP contribution in [0, 0.1) is 0 Å². The molecule has 0 radical (unpaired) electrons. The first-order chi connectivity index (χ1) is 11.5. The van der Waals surface area contributed by atoms with Crippen LogP contribution in [0.2, 0.25) is 0 Å². The van der Waals surface area contributed by atoms with Gasteiger partial charge in [0.15, 0.2) is 0 Å². The zero-order valence-electron chi connectivity index (χ0n) is 14.6. The molecule has 2 heterocycles. The van der Waals surface area contributed by atoms with Gasteiger partial charge in [0.05, 0.1) is 0 Å². The minimum Gasteiger partial charge on any atom is -0.372 e. The van der Waals surface area contributed by atoms with Gasteiger partial charge >= 0.3 is 0 Å². The van der Waals surface area contributed by atoms with Crippen molar-refractivity contribution in [3.63, 3.8) is 0 Å². The zero-order chi connectivity index (χ0) is 17.5. The van der Waals surface area contributed by atoms with Gasteiger partial charge < -0.3 is 19.9 Å². The summed E-state index contributed by atoms with van der Waals surface area (Å²) in [5.41, 5.74) is 0.910. The number of nitrogens with zero attached hydrogens (tertiary/aromatic N) is 3. The van der Waals surface area contributed by atoms with Gasteiger partial charge in [0.25, 0.3) is 11.8 Å². The van der Waals surface area contributed by atoms with Crippen LogP contribution in [-0.4, -0.2) is 73.0 Å². The van der Waals surface area contributed by atoms with E-state index in [1.165, 1.54) is 7.11 Å². The van der Waals surface area contributed by atoms with Crippen molar-refractivity contribution in [2.45, 2.75) is 25.9 Å². The monoisotopic (exact) mass is 334 g/mol. The summed E-state index contributed by atoms with van der Waals surface area (Å²) < 4.78 is 5.20. The Morgan fingerprint density at radius 1 is 1.33 bits per heavy atom. The average Bonchev–Trinajstić information content (AvgIpc) is 2.59. The Morgan fingerprint density at radius 2 is 2.04 bits per heavy atom. The number of rotatable bonds is 6. The van der Waals surface area contributed by atoms with Crippen molar-refractivity contribution in [2.75, 3.05) is 45.7 Å². The molecule has 2 amide bonds. The molecular formula is C17H26N4O3. The molecule has 1 fully saturated rings. The smallest absolute Gasteiger partial charge is 0.272 e. The van der Waals surface area contributed by atoms with Crippen LogP contribution < -0.4 is 5.32 Å². The molecule has 1 aliphatic heterocycles. The minimum absolute atomic E-state index is 0.101. The van der Waals surface area contributed by atoms with Crippen molar-refractivity contribution in [1.29, 1.82) is 0 Å². The lowest BCUT2D eigenvalue weighted by Crippen LogP contribution is -2.47. The van der Waals surface area contributed by atoms with Gasteiger partial charge in [-0.3, -0.25) is 14.6 Å². The van der Waals surface area contributed by atoms with E-state index in [-0.39, 0.29) is 11.8 Å². The molecule has 7 heteroatoms. The summed E-state index contributed by atoms with van der Waals surface area (Å²) >= 11 is 0. The Morgan fingerprint density at radius 3 is 2.67 bits per heavy atom. The second-order valence-electron chi connectivity index (χ2n) is 6.03. The number of hydrogen-bond donors (Lipinski definition) is 1. The number of piperazine rings is 1. The number of anilines is 1. The van der Waals surface area contributed by atoms with Crippen LogP contribution >= 0.6 is 0 Å². The highest BCUT2D eigenvalue weighted by atomic mass is 16.5. The first kappa shape index (κ1) is 18.4. The Hall–Kier alpha value is -1.99. The van der Waals surface area contributed by atoms with Crippen LogP contribution in [-0.2, 0) is 9.53 Å². The quantitative estimate of drug-likeness (QED) is 0.847. The molecule has 0 aliphatic carbocycles. The van der Waals surface area contributed by atoms with E-state index < -0.39 is 6.10 Å².